The van der Waals surface area contributed by atoms with Gasteiger partial charge in [0.15, 0.2) is 0 Å². The summed E-state index contributed by atoms with van der Waals surface area (Å²) < 4.78 is 5.47. The quantitative estimate of drug-likeness (QED) is 0.834. The summed E-state index contributed by atoms with van der Waals surface area (Å²) in [4.78, 5) is 27.9. The molecule has 0 spiro atoms. The fraction of sp³-hybridized carbons (Fsp3) is 0.579. The minimum Gasteiger partial charge on any atom is -0.444 e. The third kappa shape index (κ3) is 3.89. The Balaban J connectivity index is 2.19. The predicted octanol–water partition coefficient (Wildman–Crippen LogP) is 3.39. The van der Waals surface area contributed by atoms with E-state index in [9.17, 15) is 9.59 Å². The predicted molar refractivity (Wildman–Crippen MR) is 93.6 cm³/mol. The van der Waals surface area contributed by atoms with Gasteiger partial charge in [-0.25, -0.2) is 4.79 Å². The van der Waals surface area contributed by atoms with E-state index in [0.717, 1.165) is 5.56 Å². The van der Waals surface area contributed by atoms with Crippen molar-refractivity contribution in [3.05, 3.63) is 35.9 Å². The maximum Gasteiger partial charge on any atom is 0.410 e. The Morgan fingerprint density at radius 3 is 2.12 bits per heavy atom. The van der Waals surface area contributed by atoms with Crippen LogP contribution in [0.15, 0.2) is 30.3 Å². The van der Waals surface area contributed by atoms with Gasteiger partial charge in [-0.3, -0.25) is 4.79 Å². The van der Waals surface area contributed by atoms with Gasteiger partial charge in [0.05, 0.1) is 5.54 Å². The molecule has 0 radical (unpaired) electrons. The molecular formula is C19H28N2O3. The van der Waals surface area contributed by atoms with Gasteiger partial charge < -0.3 is 14.5 Å². The van der Waals surface area contributed by atoms with Gasteiger partial charge in [0.1, 0.15) is 5.60 Å². The van der Waals surface area contributed by atoms with Crippen LogP contribution >= 0.6 is 0 Å². The van der Waals surface area contributed by atoms with Gasteiger partial charge in [0, 0.05) is 27.1 Å². The van der Waals surface area contributed by atoms with Gasteiger partial charge in [-0.15, -0.1) is 0 Å². The summed E-state index contributed by atoms with van der Waals surface area (Å²) in [6.07, 6.45) is 1.12. The summed E-state index contributed by atoms with van der Waals surface area (Å²) in [6.45, 7) is 8.33. The lowest BCUT2D eigenvalue weighted by molar-refractivity contribution is -0.135. The molecule has 24 heavy (non-hydrogen) atoms. The van der Waals surface area contributed by atoms with E-state index < -0.39 is 5.60 Å². The van der Waals surface area contributed by atoms with Crippen LogP contribution in [0.1, 0.15) is 46.1 Å². The Labute approximate surface area is 144 Å². The van der Waals surface area contributed by atoms with Crippen molar-refractivity contribution in [2.24, 2.45) is 0 Å². The smallest absolute Gasteiger partial charge is 0.410 e. The van der Waals surface area contributed by atoms with Crippen molar-refractivity contribution >= 4 is 12.0 Å². The highest BCUT2D eigenvalue weighted by Gasteiger charge is 2.42. The average Bonchev–Trinajstić information content (AvgIpc) is 2.53. The van der Waals surface area contributed by atoms with E-state index >= 15 is 0 Å². The molecule has 1 aliphatic rings. The van der Waals surface area contributed by atoms with Crippen LogP contribution in [0.4, 0.5) is 4.79 Å². The third-order valence-electron chi connectivity index (χ3n) is 4.67. The fourth-order valence-corrected chi connectivity index (χ4v) is 3.25. The molecule has 0 unspecified atom stereocenters. The molecule has 0 aromatic heterocycles. The molecule has 1 aromatic carbocycles. The second-order valence-corrected chi connectivity index (χ2v) is 7.44. The summed E-state index contributed by atoms with van der Waals surface area (Å²) in [5.74, 6) is 0.0320. The highest BCUT2D eigenvalue weighted by atomic mass is 16.6. The molecule has 0 bridgehead atoms. The molecule has 2 rings (SSSR count). The minimum atomic E-state index is -0.499. The van der Waals surface area contributed by atoms with Crippen LogP contribution in [0.25, 0.3) is 0 Å². The first-order valence-corrected chi connectivity index (χ1v) is 8.43. The van der Waals surface area contributed by atoms with Crippen molar-refractivity contribution < 1.29 is 14.3 Å². The van der Waals surface area contributed by atoms with Gasteiger partial charge in [0.2, 0.25) is 5.91 Å². The monoisotopic (exact) mass is 332 g/mol. The highest BCUT2D eigenvalue weighted by Crippen LogP contribution is 2.38. The number of benzene rings is 1. The number of hydrogen-bond donors (Lipinski definition) is 0. The zero-order valence-corrected chi connectivity index (χ0v) is 15.3. The lowest BCUT2D eigenvalue weighted by atomic mass is 9.79. The summed E-state index contributed by atoms with van der Waals surface area (Å²) in [5, 5.41) is 0. The van der Waals surface area contributed by atoms with E-state index in [1.807, 2.05) is 50.9 Å². The number of likely N-dealkylation sites (tertiary alicyclic amines) is 1. The van der Waals surface area contributed by atoms with E-state index in [4.69, 9.17) is 4.74 Å². The van der Waals surface area contributed by atoms with Crippen LogP contribution in [-0.2, 0) is 15.1 Å². The van der Waals surface area contributed by atoms with E-state index in [0.29, 0.717) is 25.9 Å². The summed E-state index contributed by atoms with van der Waals surface area (Å²) in [6, 6.07) is 10.1. The van der Waals surface area contributed by atoms with Gasteiger partial charge in [-0.2, -0.15) is 0 Å². The van der Waals surface area contributed by atoms with Crippen LogP contribution in [0.2, 0.25) is 0 Å². The highest BCUT2D eigenvalue weighted by molar-refractivity contribution is 5.74. The Bertz CT molecular complexity index is 584. The van der Waals surface area contributed by atoms with Crippen molar-refractivity contribution in [1.82, 2.24) is 9.80 Å². The van der Waals surface area contributed by atoms with Gasteiger partial charge in [-0.1, -0.05) is 30.3 Å². The molecule has 0 atom stereocenters. The molecule has 1 aromatic rings. The number of hydrogen-bond acceptors (Lipinski definition) is 3. The Morgan fingerprint density at radius 1 is 1.12 bits per heavy atom. The van der Waals surface area contributed by atoms with Crippen LogP contribution in [0, 0.1) is 0 Å². The Kier molecular flexibility index (Phi) is 5.21. The molecule has 1 aliphatic heterocycles. The molecule has 5 nitrogen and oxygen atoms in total. The number of nitrogens with zero attached hydrogens (tertiary/aromatic N) is 2. The first kappa shape index (κ1) is 18.3. The van der Waals surface area contributed by atoms with Crippen molar-refractivity contribution in [2.45, 2.75) is 51.7 Å². The SMILES string of the molecule is CC(=O)N(C)C1(c2ccccc2)CCN(C(=O)OC(C)(C)C)CC1. The zero-order chi connectivity index (χ0) is 18.0. The molecule has 0 aliphatic carbocycles. The second-order valence-electron chi connectivity index (χ2n) is 7.44. The van der Waals surface area contributed by atoms with E-state index in [1.165, 1.54) is 0 Å². The standard InChI is InChI=1S/C19H28N2O3/c1-15(22)20(5)19(16-9-7-6-8-10-16)11-13-21(14-12-19)17(23)24-18(2,3)4/h6-10H,11-14H2,1-5H3. The molecule has 1 fully saturated rings. The molecule has 0 saturated carbocycles. The van der Waals surface area contributed by atoms with E-state index in [1.54, 1.807) is 11.8 Å². The Morgan fingerprint density at radius 2 is 1.67 bits per heavy atom. The van der Waals surface area contributed by atoms with Gasteiger partial charge in [-0.05, 0) is 39.2 Å². The van der Waals surface area contributed by atoms with Gasteiger partial charge in [0.25, 0.3) is 0 Å². The number of carbonyl (C=O) groups is 2. The van der Waals surface area contributed by atoms with Crippen molar-refractivity contribution in [3.8, 4) is 0 Å². The molecule has 1 heterocycles. The summed E-state index contributed by atoms with van der Waals surface area (Å²) >= 11 is 0. The molecule has 0 N–H and O–H groups in total. The lowest BCUT2D eigenvalue weighted by Crippen LogP contribution is -2.54. The zero-order valence-electron chi connectivity index (χ0n) is 15.3. The normalized spacial score (nSPS) is 17.3. The topological polar surface area (TPSA) is 49.9 Å². The fourth-order valence-electron chi connectivity index (χ4n) is 3.25. The molecule has 2 amide bonds. The first-order valence-electron chi connectivity index (χ1n) is 8.43. The second kappa shape index (κ2) is 6.83. The molecule has 132 valence electrons. The maximum atomic E-state index is 12.3. The summed E-state index contributed by atoms with van der Waals surface area (Å²) in [7, 11) is 1.85. The first-order chi connectivity index (χ1) is 11.2. The number of ether oxygens (including phenoxy) is 1. The summed E-state index contributed by atoms with van der Waals surface area (Å²) in [5.41, 5.74) is 0.249. The largest absolute Gasteiger partial charge is 0.444 e. The number of carbonyl (C=O) groups excluding carboxylic acids is 2. The number of rotatable bonds is 2. The van der Waals surface area contributed by atoms with E-state index in [-0.39, 0.29) is 17.5 Å². The van der Waals surface area contributed by atoms with Crippen molar-refractivity contribution in [3.63, 3.8) is 0 Å². The molecule has 5 heteroatoms. The van der Waals surface area contributed by atoms with Crippen molar-refractivity contribution in [1.29, 1.82) is 0 Å². The third-order valence-corrected chi connectivity index (χ3v) is 4.67. The van der Waals surface area contributed by atoms with Crippen LogP contribution < -0.4 is 0 Å². The molecular weight excluding hydrogens is 304 g/mol. The Hall–Kier alpha value is -2.04. The molecule has 1 saturated heterocycles. The van der Waals surface area contributed by atoms with Gasteiger partial charge >= 0.3 is 6.09 Å². The minimum absolute atomic E-state index is 0.0320. The lowest BCUT2D eigenvalue weighted by Gasteiger charge is -2.47. The maximum absolute atomic E-state index is 12.3. The average molecular weight is 332 g/mol. The van der Waals surface area contributed by atoms with Crippen molar-refractivity contribution in [2.75, 3.05) is 20.1 Å². The van der Waals surface area contributed by atoms with Crippen LogP contribution in [-0.4, -0.2) is 47.5 Å². The van der Waals surface area contributed by atoms with E-state index in [2.05, 4.69) is 12.1 Å². The number of amides is 2. The number of piperidine rings is 1. The van der Waals surface area contributed by atoms with Crippen LogP contribution in [0.3, 0.4) is 0 Å². The van der Waals surface area contributed by atoms with Crippen LogP contribution in [0.5, 0.6) is 0 Å².